The predicted molar refractivity (Wildman–Crippen MR) is 158 cm³/mol. The summed E-state index contributed by atoms with van der Waals surface area (Å²) in [6.07, 6.45) is 7.03. The van der Waals surface area contributed by atoms with Crippen molar-refractivity contribution in [2.75, 3.05) is 57.0 Å². The van der Waals surface area contributed by atoms with Crippen molar-refractivity contribution in [3.63, 3.8) is 0 Å². The first-order valence-electron chi connectivity index (χ1n) is 14.5. The van der Waals surface area contributed by atoms with Crippen LogP contribution in [0.25, 0.3) is 11.0 Å². The van der Waals surface area contributed by atoms with Crippen LogP contribution in [0.5, 0.6) is 0 Å². The lowest BCUT2D eigenvalue weighted by Crippen LogP contribution is -2.44. The summed E-state index contributed by atoms with van der Waals surface area (Å²) >= 11 is 0. The van der Waals surface area contributed by atoms with Crippen LogP contribution >= 0.6 is 0 Å². The lowest BCUT2D eigenvalue weighted by atomic mass is 9.88. The zero-order chi connectivity index (χ0) is 28.1. The number of nitrogens with zero attached hydrogens (tertiary/aromatic N) is 5. The van der Waals surface area contributed by atoms with Crippen LogP contribution in [0.4, 0.5) is 11.6 Å². The quantitative estimate of drug-likeness (QED) is 0.405. The highest BCUT2D eigenvalue weighted by Crippen LogP contribution is 2.29. The molecule has 1 saturated carbocycles. The van der Waals surface area contributed by atoms with E-state index in [1.807, 2.05) is 25.2 Å². The van der Waals surface area contributed by atoms with E-state index in [4.69, 9.17) is 4.98 Å². The molecule has 2 heterocycles. The third-order valence-electron chi connectivity index (χ3n) is 8.39. The highest BCUT2D eigenvalue weighted by molar-refractivity contribution is 6.04. The van der Waals surface area contributed by atoms with Gasteiger partial charge >= 0.3 is 0 Å². The number of nitrogens with one attached hydrogen (secondary N) is 1. The van der Waals surface area contributed by atoms with Crippen LogP contribution in [0.2, 0.25) is 0 Å². The van der Waals surface area contributed by atoms with Crippen molar-refractivity contribution >= 4 is 40.8 Å². The van der Waals surface area contributed by atoms with Crippen LogP contribution in [-0.2, 0) is 11.3 Å². The molecule has 2 aliphatic rings. The number of likely N-dealkylation sites (N-methyl/N-ethyl adjacent to an activating group) is 1. The van der Waals surface area contributed by atoms with E-state index in [1.165, 1.54) is 6.42 Å². The Kier molecular flexibility index (Phi) is 8.91. The van der Waals surface area contributed by atoms with Gasteiger partial charge in [0.05, 0.1) is 11.0 Å². The van der Waals surface area contributed by atoms with Gasteiger partial charge in [-0.15, -0.1) is 0 Å². The van der Waals surface area contributed by atoms with Crippen molar-refractivity contribution in [3.8, 4) is 0 Å². The number of carbonyl (C=O) groups is 3. The molecule has 5 rings (SSSR count). The van der Waals surface area contributed by atoms with Gasteiger partial charge in [0.1, 0.15) is 6.29 Å². The number of aryl methyl sites for hydroxylation is 1. The van der Waals surface area contributed by atoms with Gasteiger partial charge in [0.2, 0.25) is 11.9 Å². The average Bonchev–Trinajstić information content (AvgIpc) is 3.33. The minimum atomic E-state index is -0.280. The van der Waals surface area contributed by atoms with Gasteiger partial charge in [0.15, 0.2) is 0 Å². The Balaban J connectivity index is 1.37. The van der Waals surface area contributed by atoms with E-state index in [0.717, 1.165) is 87.8 Å². The Morgan fingerprint density at radius 1 is 1.00 bits per heavy atom. The monoisotopic (exact) mass is 544 g/mol. The van der Waals surface area contributed by atoms with E-state index in [0.29, 0.717) is 23.6 Å². The summed E-state index contributed by atoms with van der Waals surface area (Å²) in [7, 11) is 4.00. The number of hydrogen-bond donors (Lipinski definition) is 1. The predicted octanol–water partition coefficient (Wildman–Crippen LogP) is 4.28. The van der Waals surface area contributed by atoms with Crippen LogP contribution in [0.15, 0.2) is 42.5 Å². The second kappa shape index (κ2) is 12.7. The highest BCUT2D eigenvalue weighted by Gasteiger charge is 2.25. The van der Waals surface area contributed by atoms with Crippen molar-refractivity contribution in [3.05, 3.63) is 53.6 Å². The number of aromatic nitrogens is 2. The minimum absolute atomic E-state index is 0.0852. The number of anilines is 2. The number of imidazole rings is 1. The van der Waals surface area contributed by atoms with Crippen molar-refractivity contribution in [1.82, 2.24) is 19.4 Å². The molecule has 9 nitrogen and oxygen atoms in total. The van der Waals surface area contributed by atoms with Gasteiger partial charge in [-0.05, 0) is 63.2 Å². The molecular formula is C31H40N6O3. The van der Waals surface area contributed by atoms with Crippen molar-refractivity contribution < 1.29 is 14.4 Å². The third-order valence-corrected chi connectivity index (χ3v) is 8.39. The molecule has 1 aromatic heterocycles. The number of amides is 2. The van der Waals surface area contributed by atoms with E-state index in [2.05, 4.69) is 26.7 Å². The fourth-order valence-electron chi connectivity index (χ4n) is 5.81. The first kappa shape index (κ1) is 28.0. The molecule has 0 radical (unpaired) electrons. The Bertz CT molecular complexity index is 1340. The maximum atomic E-state index is 13.2. The van der Waals surface area contributed by atoms with Crippen LogP contribution in [0, 0.1) is 5.92 Å². The normalized spacial score (nSPS) is 17.1. The topological polar surface area (TPSA) is 90.8 Å². The molecule has 1 aliphatic carbocycles. The fourth-order valence-corrected chi connectivity index (χ4v) is 5.81. The molecule has 212 valence electrons. The smallest absolute Gasteiger partial charge is 0.257 e. The molecule has 2 fully saturated rings. The molecule has 0 bridgehead atoms. The lowest BCUT2D eigenvalue weighted by Gasteiger charge is -2.32. The summed E-state index contributed by atoms with van der Waals surface area (Å²) in [5.74, 6) is 0.453. The van der Waals surface area contributed by atoms with Crippen LogP contribution < -0.4 is 10.2 Å². The summed E-state index contributed by atoms with van der Waals surface area (Å²) < 4.78 is 2.07. The van der Waals surface area contributed by atoms with Gasteiger partial charge in [-0.25, -0.2) is 4.98 Å². The van der Waals surface area contributed by atoms with Crippen molar-refractivity contribution in [1.29, 1.82) is 0 Å². The van der Waals surface area contributed by atoms with E-state index in [1.54, 1.807) is 29.2 Å². The molecule has 9 heteroatoms. The summed E-state index contributed by atoms with van der Waals surface area (Å²) in [4.78, 5) is 48.7. The SMILES string of the molecule is CN1CCN(CCCn2c(NC(=O)c3ccc(C=O)cc3)nc3cc(N(C)C(=O)C4CCCCC4)ccc32)CC1. The summed E-state index contributed by atoms with van der Waals surface area (Å²) in [5.41, 5.74) is 3.46. The largest absolute Gasteiger partial charge is 0.315 e. The fraction of sp³-hybridized carbons (Fsp3) is 0.484. The zero-order valence-electron chi connectivity index (χ0n) is 23.6. The number of benzene rings is 2. The lowest BCUT2D eigenvalue weighted by molar-refractivity contribution is -0.123. The van der Waals surface area contributed by atoms with Gasteiger partial charge < -0.3 is 19.3 Å². The van der Waals surface area contributed by atoms with Crippen LogP contribution in [0.3, 0.4) is 0 Å². The molecule has 2 aromatic carbocycles. The number of piperazine rings is 1. The number of carbonyl (C=O) groups excluding carboxylic acids is 3. The van der Waals surface area contributed by atoms with E-state index in [-0.39, 0.29) is 17.7 Å². The first-order valence-corrected chi connectivity index (χ1v) is 14.5. The minimum Gasteiger partial charge on any atom is -0.315 e. The molecule has 0 atom stereocenters. The standard InChI is InChI=1S/C31H40N6O3/c1-34-17-19-36(20-18-34)15-6-16-37-28-14-13-26(35(2)30(40)25-7-4-3-5-8-25)21-27(28)32-31(37)33-29(39)24-11-9-23(22-38)10-12-24/h9-14,21-22,25H,3-8,15-20H2,1-2H3,(H,32,33,39). The van der Waals surface area contributed by atoms with Crippen LogP contribution in [-0.4, -0.2) is 84.3 Å². The maximum absolute atomic E-state index is 13.2. The highest BCUT2D eigenvalue weighted by atomic mass is 16.2. The maximum Gasteiger partial charge on any atom is 0.257 e. The molecule has 1 N–H and O–H groups in total. The molecule has 0 unspecified atom stereocenters. The molecule has 1 aliphatic heterocycles. The number of hydrogen-bond acceptors (Lipinski definition) is 6. The van der Waals surface area contributed by atoms with Gasteiger partial charge in [-0.2, -0.15) is 0 Å². The summed E-state index contributed by atoms with van der Waals surface area (Å²) in [5, 5.41) is 2.99. The van der Waals surface area contributed by atoms with Crippen molar-refractivity contribution in [2.45, 2.75) is 45.1 Å². The van der Waals surface area contributed by atoms with E-state index >= 15 is 0 Å². The van der Waals surface area contributed by atoms with Gasteiger partial charge in [0, 0.05) is 62.5 Å². The van der Waals surface area contributed by atoms with Gasteiger partial charge in [-0.3, -0.25) is 19.7 Å². The van der Waals surface area contributed by atoms with Crippen LogP contribution in [0.1, 0.15) is 59.2 Å². The van der Waals surface area contributed by atoms with Gasteiger partial charge in [-0.1, -0.05) is 31.4 Å². The third kappa shape index (κ3) is 6.42. The second-order valence-electron chi connectivity index (χ2n) is 11.2. The molecule has 1 saturated heterocycles. The number of aldehydes is 1. The number of fused-ring (bicyclic) bond motifs is 1. The molecule has 3 aromatic rings. The Morgan fingerprint density at radius 3 is 2.42 bits per heavy atom. The Labute approximate surface area is 236 Å². The zero-order valence-corrected chi connectivity index (χ0v) is 23.6. The average molecular weight is 545 g/mol. The Hall–Kier alpha value is -3.56. The molecule has 0 spiro atoms. The first-order chi connectivity index (χ1) is 19.4. The molecular weight excluding hydrogens is 504 g/mol. The Morgan fingerprint density at radius 2 is 1.73 bits per heavy atom. The summed E-state index contributed by atoms with van der Waals surface area (Å²) in [6, 6.07) is 12.5. The number of rotatable bonds is 9. The van der Waals surface area contributed by atoms with E-state index in [9.17, 15) is 14.4 Å². The van der Waals surface area contributed by atoms with Crippen molar-refractivity contribution in [2.24, 2.45) is 5.92 Å². The summed E-state index contributed by atoms with van der Waals surface area (Å²) in [6.45, 7) is 5.96. The molecule has 40 heavy (non-hydrogen) atoms. The molecule has 2 amide bonds. The van der Waals surface area contributed by atoms with E-state index < -0.39 is 0 Å². The second-order valence-corrected chi connectivity index (χ2v) is 11.2. The van der Waals surface area contributed by atoms with Gasteiger partial charge in [0.25, 0.3) is 5.91 Å².